The number of ether oxygens (including phenoxy) is 2. The summed E-state index contributed by atoms with van der Waals surface area (Å²) in [4.78, 5) is 33.5. The van der Waals surface area contributed by atoms with Crippen molar-refractivity contribution >= 4 is 44.1 Å². The molecule has 1 fully saturated rings. The first-order chi connectivity index (χ1) is 19.8. The molecule has 2 heterocycles. The van der Waals surface area contributed by atoms with Crippen LogP contribution in [0, 0.1) is 13.8 Å². The van der Waals surface area contributed by atoms with Gasteiger partial charge in [0, 0.05) is 5.56 Å². The summed E-state index contributed by atoms with van der Waals surface area (Å²) < 4.78 is 12.4. The van der Waals surface area contributed by atoms with Crippen LogP contribution in [0.3, 0.4) is 0 Å². The smallest absolute Gasteiger partial charge is 0.301 e. The Hall–Kier alpha value is -4.43. The molecule has 1 N–H and O–H groups in total. The van der Waals surface area contributed by atoms with Crippen molar-refractivity contribution in [3.05, 3.63) is 101 Å². The number of Topliss-reactive ketones (excluding diaryl/α,β-unsaturated/α-hetero) is 1. The minimum absolute atomic E-state index is 0.00683. The number of thiazole rings is 1. The lowest BCUT2D eigenvalue weighted by molar-refractivity contribution is -0.132. The van der Waals surface area contributed by atoms with Gasteiger partial charge >= 0.3 is 5.91 Å². The van der Waals surface area contributed by atoms with Crippen LogP contribution in [-0.2, 0) is 9.59 Å². The number of rotatable bonds is 10. The number of carbonyl (C=O) groups excluding carboxylic acids is 2. The standard InChI is InChI=1S/C33H32N2O5S/c1-5-7-16-40-25-10-8-9-23(19-25)30(36)27-29(22-11-13-24(14-12-22)39-15-6-2)35(32(38)31(27)37)33-34-28-21(4)17-20(3)18-26(28)41-33/h6,8-14,17-19,29,36H,2,5,7,15-16H2,1,3-4H3. The number of anilines is 1. The first kappa shape index (κ1) is 28.1. The van der Waals surface area contributed by atoms with Crippen molar-refractivity contribution in [2.75, 3.05) is 18.1 Å². The molecule has 8 heteroatoms. The molecule has 3 aromatic carbocycles. The van der Waals surface area contributed by atoms with Gasteiger partial charge < -0.3 is 14.6 Å². The van der Waals surface area contributed by atoms with Gasteiger partial charge in [-0.05, 0) is 67.3 Å². The van der Waals surface area contributed by atoms with E-state index in [0.717, 1.165) is 34.2 Å². The van der Waals surface area contributed by atoms with E-state index < -0.39 is 17.7 Å². The Morgan fingerprint density at radius 1 is 1.07 bits per heavy atom. The molecule has 1 aliphatic rings. The molecule has 1 aromatic heterocycles. The van der Waals surface area contributed by atoms with Gasteiger partial charge in [0.05, 0.1) is 28.4 Å². The number of unbranched alkanes of at least 4 members (excludes halogenated alkanes) is 1. The zero-order chi connectivity index (χ0) is 29.1. The van der Waals surface area contributed by atoms with E-state index in [-0.39, 0.29) is 11.3 Å². The number of carbonyl (C=O) groups is 2. The Bertz CT molecular complexity index is 1650. The Labute approximate surface area is 243 Å². The van der Waals surface area contributed by atoms with E-state index in [1.807, 2.05) is 26.0 Å². The number of hydrogen-bond donors (Lipinski definition) is 1. The molecule has 1 aliphatic heterocycles. The van der Waals surface area contributed by atoms with Crippen LogP contribution in [0.25, 0.3) is 16.0 Å². The Kier molecular flexibility index (Phi) is 8.21. The first-order valence-corrected chi connectivity index (χ1v) is 14.4. The molecule has 7 nitrogen and oxygen atoms in total. The topological polar surface area (TPSA) is 89.0 Å². The zero-order valence-corrected chi connectivity index (χ0v) is 24.2. The van der Waals surface area contributed by atoms with E-state index in [9.17, 15) is 14.7 Å². The van der Waals surface area contributed by atoms with Gasteiger partial charge in [-0.3, -0.25) is 14.5 Å². The number of nitrogens with zero attached hydrogens (tertiary/aromatic N) is 2. The number of aryl methyl sites for hydroxylation is 2. The molecule has 0 saturated carbocycles. The highest BCUT2D eigenvalue weighted by Gasteiger charge is 2.48. The molecule has 1 saturated heterocycles. The molecule has 1 amide bonds. The highest BCUT2D eigenvalue weighted by atomic mass is 32.1. The summed E-state index contributed by atoms with van der Waals surface area (Å²) in [6.07, 6.45) is 3.54. The van der Waals surface area contributed by atoms with Crippen molar-refractivity contribution < 1.29 is 24.2 Å². The highest BCUT2D eigenvalue weighted by Crippen LogP contribution is 2.45. The van der Waals surface area contributed by atoms with Crippen LogP contribution in [0.1, 0.15) is 48.1 Å². The average Bonchev–Trinajstić information content (AvgIpc) is 3.50. The molecule has 210 valence electrons. The lowest BCUT2D eigenvalue weighted by Crippen LogP contribution is -2.29. The van der Waals surface area contributed by atoms with E-state index >= 15 is 0 Å². The number of aromatic nitrogens is 1. The van der Waals surface area contributed by atoms with Crippen LogP contribution in [0.2, 0.25) is 0 Å². The minimum Gasteiger partial charge on any atom is -0.507 e. The van der Waals surface area contributed by atoms with E-state index in [1.165, 1.54) is 16.2 Å². The van der Waals surface area contributed by atoms with Gasteiger partial charge in [-0.2, -0.15) is 0 Å². The fraction of sp³-hybridized carbons (Fsp3) is 0.242. The van der Waals surface area contributed by atoms with Gasteiger partial charge in [0.15, 0.2) is 5.13 Å². The molecule has 4 aromatic rings. The third kappa shape index (κ3) is 5.60. The predicted molar refractivity (Wildman–Crippen MR) is 163 cm³/mol. The molecule has 0 aliphatic carbocycles. The minimum atomic E-state index is -0.893. The molecular weight excluding hydrogens is 536 g/mol. The highest BCUT2D eigenvalue weighted by molar-refractivity contribution is 7.22. The Morgan fingerprint density at radius 2 is 1.85 bits per heavy atom. The van der Waals surface area contributed by atoms with Crippen molar-refractivity contribution in [3.63, 3.8) is 0 Å². The average molecular weight is 569 g/mol. The molecule has 1 unspecified atom stereocenters. The lowest BCUT2D eigenvalue weighted by atomic mass is 9.95. The maximum Gasteiger partial charge on any atom is 0.301 e. The summed E-state index contributed by atoms with van der Waals surface area (Å²) in [6, 6.07) is 17.2. The second-order valence-corrected chi connectivity index (χ2v) is 11.0. The van der Waals surface area contributed by atoms with Crippen LogP contribution in [0.15, 0.2) is 78.9 Å². The van der Waals surface area contributed by atoms with E-state index in [4.69, 9.17) is 14.5 Å². The van der Waals surface area contributed by atoms with Gasteiger partial charge in [-0.15, -0.1) is 0 Å². The fourth-order valence-corrected chi connectivity index (χ4v) is 6.10. The van der Waals surface area contributed by atoms with Gasteiger partial charge in [0.2, 0.25) is 0 Å². The number of aliphatic hydroxyl groups excluding tert-OH is 1. The largest absolute Gasteiger partial charge is 0.507 e. The number of ketones is 1. The Balaban J connectivity index is 1.64. The van der Waals surface area contributed by atoms with Gasteiger partial charge in [0.1, 0.15) is 23.9 Å². The predicted octanol–water partition coefficient (Wildman–Crippen LogP) is 7.28. The van der Waals surface area contributed by atoms with Crippen molar-refractivity contribution in [2.45, 2.75) is 39.7 Å². The van der Waals surface area contributed by atoms with Crippen LogP contribution in [0.5, 0.6) is 11.5 Å². The van der Waals surface area contributed by atoms with Crippen LogP contribution < -0.4 is 14.4 Å². The first-order valence-electron chi connectivity index (χ1n) is 13.6. The fourth-order valence-electron chi connectivity index (χ4n) is 4.93. The maximum absolute atomic E-state index is 13.7. The third-order valence-electron chi connectivity index (χ3n) is 6.91. The molecule has 0 bridgehead atoms. The molecule has 5 rings (SSSR count). The summed E-state index contributed by atoms with van der Waals surface area (Å²) in [6.45, 7) is 10.6. The van der Waals surface area contributed by atoms with E-state index in [2.05, 4.69) is 13.5 Å². The van der Waals surface area contributed by atoms with Crippen LogP contribution in [-0.4, -0.2) is 35.0 Å². The lowest BCUT2D eigenvalue weighted by Gasteiger charge is -2.23. The second kappa shape index (κ2) is 12.0. The van der Waals surface area contributed by atoms with Gasteiger partial charge in [0.25, 0.3) is 5.78 Å². The third-order valence-corrected chi connectivity index (χ3v) is 7.91. The molecule has 41 heavy (non-hydrogen) atoms. The van der Waals surface area contributed by atoms with E-state index in [1.54, 1.807) is 54.6 Å². The number of fused-ring (bicyclic) bond motifs is 1. The Morgan fingerprint density at radius 3 is 2.59 bits per heavy atom. The monoisotopic (exact) mass is 568 g/mol. The summed E-state index contributed by atoms with van der Waals surface area (Å²) in [5, 5.41) is 12.0. The number of hydrogen-bond acceptors (Lipinski definition) is 7. The zero-order valence-electron chi connectivity index (χ0n) is 23.3. The normalized spacial score (nSPS) is 16.4. The number of amides is 1. The molecule has 0 spiro atoms. The summed E-state index contributed by atoms with van der Waals surface area (Å²) in [5.74, 6) is -0.587. The molecular formula is C33H32N2O5S. The second-order valence-electron chi connectivity index (χ2n) is 9.99. The van der Waals surface area contributed by atoms with Gasteiger partial charge in [-0.1, -0.05) is 67.7 Å². The van der Waals surface area contributed by atoms with Crippen molar-refractivity contribution in [3.8, 4) is 11.5 Å². The summed E-state index contributed by atoms with van der Waals surface area (Å²) in [7, 11) is 0. The van der Waals surface area contributed by atoms with E-state index in [0.29, 0.717) is 41.0 Å². The molecule has 0 radical (unpaired) electrons. The van der Waals surface area contributed by atoms with Crippen LogP contribution in [0.4, 0.5) is 5.13 Å². The molecule has 1 atom stereocenters. The summed E-state index contributed by atoms with van der Waals surface area (Å²) >= 11 is 1.35. The maximum atomic E-state index is 13.7. The quantitative estimate of drug-likeness (QED) is 0.0711. The number of aliphatic hydroxyl groups is 1. The van der Waals surface area contributed by atoms with Crippen molar-refractivity contribution in [1.82, 2.24) is 4.98 Å². The SMILES string of the molecule is C=CCOc1ccc(C2C(=C(O)c3cccc(OCCCC)c3)C(=O)C(=O)N2c2nc3c(C)cc(C)cc3s2)cc1. The van der Waals surface area contributed by atoms with Crippen molar-refractivity contribution in [1.29, 1.82) is 0 Å². The number of benzene rings is 3. The van der Waals surface area contributed by atoms with Crippen molar-refractivity contribution in [2.24, 2.45) is 0 Å². The summed E-state index contributed by atoms with van der Waals surface area (Å²) in [5.41, 5.74) is 3.87. The van der Waals surface area contributed by atoms with Crippen LogP contribution >= 0.6 is 11.3 Å². The van der Waals surface area contributed by atoms with Gasteiger partial charge in [-0.25, -0.2) is 4.98 Å².